The maximum Gasteiger partial charge on any atom is 0.237 e. The number of halogens is 2. The molecule has 6 heteroatoms. The van der Waals surface area contributed by atoms with Crippen LogP contribution in [0.1, 0.15) is 31.1 Å². The van der Waals surface area contributed by atoms with Gasteiger partial charge in [0.25, 0.3) is 0 Å². The molecule has 0 bridgehead atoms. The summed E-state index contributed by atoms with van der Waals surface area (Å²) in [7, 11) is 0. The summed E-state index contributed by atoms with van der Waals surface area (Å²) in [5.74, 6) is 0.0900. The number of carbonyl (C=O) groups excluding carboxylic acids is 1. The second kappa shape index (κ2) is 7.18. The second-order valence-electron chi connectivity index (χ2n) is 6.33. The number of carbonyl (C=O) groups is 1. The minimum absolute atomic E-state index is 0.0900. The number of hydrogen-bond acceptors (Lipinski definition) is 2. The molecule has 1 aromatic heterocycles. The standard InChI is InChI=1S/C18H21Cl2N3O/c1-12(2)21-11-17(24)23-9-8-22-7-3-4-16(22)18(23)13-5-6-14(19)15(20)10-13/h3-7,10,12,18,21H,8-9,11H2,1-2H3. The average molecular weight is 366 g/mol. The van der Waals surface area contributed by atoms with Gasteiger partial charge in [0.1, 0.15) is 0 Å². The van der Waals surface area contributed by atoms with Gasteiger partial charge in [-0.05, 0) is 29.8 Å². The smallest absolute Gasteiger partial charge is 0.237 e. The highest BCUT2D eigenvalue weighted by atomic mass is 35.5. The Kier molecular flexibility index (Phi) is 5.18. The summed E-state index contributed by atoms with van der Waals surface area (Å²) in [5, 5.41) is 4.23. The van der Waals surface area contributed by atoms with Crippen molar-refractivity contribution >= 4 is 29.1 Å². The Balaban J connectivity index is 1.96. The molecule has 0 aliphatic carbocycles. The van der Waals surface area contributed by atoms with E-state index in [-0.39, 0.29) is 18.0 Å². The van der Waals surface area contributed by atoms with Crippen molar-refractivity contribution in [2.45, 2.75) is 32.5 Å². The van der Waals surface area contributed by atoms with E-state index < -0.39 is 0 Å². The monoisotopic (exact) mass is 365 g/mol. The first-order valence-corrected chi connectivity index (χ1v) is 8.86. The first kappa shape index (κ1) is 17.3. The summed E-state index contributed by atoms with van der Waals surface area (Å²) in [5.41, 5.74) is 2.07. The van der Waals surface area contributed by atoms with Crippen LogP contribution in [0.3, 0.4) is 0 Å². The van der Waals surface area contributed by atoms with Crippen molar-refractivity contribution < 1.29 is 4.79 Å². The van der Waals surface area contributed by atoms with Crippen LogP contribution in [0.5, 0.6) is 0 Å². The first-order chi connectivity index (χ1) is 11.5. The highest BCUT2D eigenvalue weighted by Gasteiger charge is 2.32. The van der Waals surface area contributed by atoms with Crippen LogP contribution in [0.4, 0.5) is 0 Å². The quantitative estimate of drug-likeness (QED) is 0.896. The zero-order valence-electron chi connectivity index (χ0n) is 13.8. The van der Waals surface area contributed by atoms with Gasteiger partial charge in [0.15, 0.2) is 0 Å². The van der Waals surface area contributed by atoms with Crippen LogP contribution in [-0.4, -0.2) is 34.5 Å². The zero-order chi connectivity index (χ0) is 17.3. The molecule has 1 aliphatic heterocycles. The van der Waals surface area contributed by atoms with Gasteiger partial charge in [-0.2, -0.15) is 0 Å². The van der Waals surface area contributed by atoms with Gasteiger partial charge in [0.05, 0.1) is 22.6 Å². The molecule has 0 saturated heterocycles. The highest BCUT2D eigenvalue weighted by Crippen LogP contribution is 2.35. The third-order valence-corrected chi connectivity index (χ3v) is 5.02. The molecule has 2 heterocycles. The molecule has 0 radical (unpaired) electrons. The van der Waals surface area contributed by atoms with E-state index in [1.165, 1.54) is 0 Å². The summed E-state index contributed by atoms with van der Waals surface area (Å²) in [6.45, 7) is 5.87. The van der Waals surface area contributed by atoms with Crippen molar-refractivity contribution in [1.82, 2.24) is 14.8 Å². The molecule has 0 spiro atoms. The lowest BCUT2D eigenvalue weighted by Crippen LogP contribution is -2.46. The SMILES string of the molecule is CC(C)NCC(=O)N1CCn2cccc2C1c1ccc(Cl)c(Cl)c1. The van der Waals surface area contributed by atoms with Crippen molar-refractivity contribution in [3.8, 4) is 0 Å². The topological polar surface area (TPSA) is 37.3 Å². The predicted molar refractivity (Wildman–Crippen MR) is 97.6 cm³/mol. The number of fused-ring (bicyclic) bond motifs is 1. The van der Waals surface area contributed by atoms with E-state index >= 15 is 0 Å². The van der Waals surface area contributed by atoms with E-state index in [0.717, 1.165) is 17.8 Å². The zero-order valence-corrected chi connectivity index (χ0v) is 15.3. The van der Waals surface area contributed by atoms with Gasteiger partial charge in [-0.15, -0.1) is 0 Å². The maximum atomic E-state index is 12.8. The summed E-state index contributed by atoms with van der Waals surface area (Å²) < 4.78 is 2.19. The molecule has 24 heavy (non-hydrogen) atoms. The minimum atomic E-state index is -0.148. The molecule has 128 valence electrons. The Morgan fingerprint density at radius 1 is 1.25 bits per heavy atom. The third-order valence-electron chi connectivity index (χ3n) is 4.28. The highest BCUT2D eigenvalue weighted by molar-refractivity contribution is 6.42. The van der Waals surface area contributed by atoms with Crippen LogP contribution < -0.4 is 5.32 Å². The van der Waals surface area contributed by atoms with E-state index in [1.807, 2.05) is 43.1 Å². The van der Waals surface area contributed by atoms with E-state index in [4.69, 9.17) is 23.2 Å². The van der Waals surface area contributed by atoms with E-state index in [1.54, 1.807) is 6.07 Å². The number of aromatic nitrogens is 1. The summed E-state index contributed by atoms with van der Waals surface area (Å²) in [6.07, 6.45) is 2.05. The molecule has 1 amide bonds. The van der Waals surface area contributed by atoms with Crippen molar-refractivity contribution in [1.29, 1.82) is 0 Å². The van der Waals surface area contributed by atoms with Gasteiger partial charge in [-0.1, -0.05) is 43.1 Å². The van der Waals surface area contributed by atoms with Gasteiger partial charge in [-0.25, -0.2) is 0 Å². The van der Waals surface area contributed by atoms with Crippen LogP contribution in [0, 0.1) is 0 Å². The number of hydrogen-bond donors (Lipinski definition) is 1. The molecule has 1 aromatic carbocycles. The molecule has 3 rings (SSSR count). The Morgan fingerprint density at radius 2 is 2.04 bits per heavy atom. The molecule has 2 aromatic rings. The van der Waals surface area contributed by atoms with Gasteiger partial charge in [0, 0.05) is 31.0 Å². The summed E-state index contributed by atoms with van der Waals surface area (Å²) in [6, 6.07) is 9.78. The Morgan fingerprint density at radius 3 is 2.75 bits per heavy atom. The number of nitrogens with zero attached hydrogens (tertiary/aromatic N) is 2. The number of rotatable bonds is 4. The molecule has 1 N–H and O–H groups in total. The maximum absolute atomic E-state index is 12.8. The number of nitrogens with one attached hydrogen (secondary N) is 1. The van der Waals surface area contributed by atoms with Crippen LogP contribution in [0.25, 0.3) is 0 Å². The van der Waals surface area contributed by atoms with Gasteiger partial charge < -0.3 is 14.8 Å². The van der Waals surface area contributed by atoms with Gasteiger partial charge >= 0.3 is 0 Å². The largest absolute Gasteiger partial charge is 0.348 e. The van der Waals surface area contributed by atoms with Crippen molar-refractivity contribution in [2.24, 2.45) is 0 Å². The molecule has 1 aliphatic rings. The van der Waals surface area contributed by atoms with E-state index in [9.17, 15) is 4.79 Å². The second-order valence-corrected chi connectivity index (χ2v) is 7.14. The Hall–Kier alpha value is -1.49. The first-order valence-electron chi connectivity index (χ1n) is 8.10. The Bertz CT molecular complexity index is 742. The van der Waals surface area contributed by atoms with Crippen LogP contribution in [0.2, 0.25) is 10.0 Å². The van der Waals surface area contributed by atoms with Crippen LogP contribution in [-0.2, 0) is 11.3 Å². The normalized spacial score (nSPS) is 17.2. The summed E-state index contributed by atoms with van der Waals surface area (Å²) in [4.78, 5) is 14.7. The third kappa shape index (κ3) is 3.46. The van der Waals surface area contributed by atoms with Crippen LogP contribution in [0.15, 0.2) is 36.5 Å². The van der Waals surface area contributed by atoms with Gasteiger partial charge in [0.2, 0.25) is 5.91 Å². The minimum Gasteiger partial charge on any atom is -0.348 e. The molecule has 4 nitrogen and oxygen atoms in total. The molecule has 0 fully saturated rings. The molecular formula is C18H21Cl2N3O. The lowest BCUT2D eigenvalue weighted by Gasteiger charge is -2.37. The fourth-order valence-electron chi connectivity index (χ4n) is 3.08. The Labute approximate surface area is 152 Å². The molecule has 1 unspecified atom stereocenters. The van der Waals surface area contributed by atoms with Crippen molar-refractivity contribution in [3.05, 3.63) is 57.8 Å². The average Bonchev–Trinajstić information content (AvgIpc) is 3.03. The molecule has 1 atom stereocenters. The fraction of sp³-hybridized carbons (Fsp3) is 0.389. The lowest BCUT2D eigenvalue weighted by molar-refractivity contribution is -0.133. The van der Waals surface area contributed by atoms with Crippen molar-refractivity contribution in [2.75, 3.05) is 13.1 Å². The summed E-state index contributed by atoms with van der Waals surface area (Å²) >= 11 is 12.3. The number of benzene rings is 1. The van der Waals surface area contributed by atoms with Gasteiger partial charge in [-0.3, -0.25) is 4.79 Å². The number of amides is 1. The fourth-order valence-corrected chi connectivity index (χ4v) is 3.38. The van der Waals surface area contributed by atoms with E-state index in [2.05, 4.69) is 16.0 Å². The predicted octanol–water partition coefficient (Wildman–Crippen LogP) is 3.72. The van der Waals surface area contributed by atoms with Crippen molar-refractivity contribution in [3.63, 3.8) is 0 Å². The lowest BCUT2D eigenvalue weighted by atomic mass is 9.99. The molecule has 0 saturated carbocycles. The van der Waals surface area contributed by atoms with Crippen LogP contribution >= 0.6 is 23.2 Å². The molecular weight excluding hydrogens is 345 g/mol. The van der Waals surface area contributed by atoms with E-state index in [0.29, 0.717) is 23.1 Å².